The number of halogens is 1. The molecule has 0 aromatic carbocycles. The molecule has 1 aromatic heterocycles. The standard InChI is InChI=1S/C30H42FN5/c1-8-20-12-21(14-26(31)29(20)34-7)23-11-19(4)28(35-16-23)27(33)10-9-24(32)13-22-15-30(5,6)36-17-25(22)18(2)3/h9-12,14,16,18,20,22,25,32-33,36H,8,13,15,17H2,1-7H3/b10-9-,32-24?,33-27?,34-29?/t20?,22?,25-/m1/s1. The molecule has 2 heterocycles. The van der Waals surface area contributed by atoms with E-state index in [9.17, 15) is 4.39 Å². The molecule has 2 aliphatic rings. The first-order valence-corrected chi connectivity index (χ1v) is 13.1. The van der Waals surface area contributed by atoms with Gasteiger partial charge < -0.3 is 10.7 Å². The van der Waals surface area contributed by atoms with Gasteiger partial charge in [-0.2, -0.15) is 0 Å². The summed E-state index contributed by atoms with van der Waals surface area (Å²) in [7, 11) is 1.62. The SMILES string of the molecule is CCC1C=C(c2cnc(C(=N)/C=C\C(=N)CC3CC(C)(C)NC[C@@H]3C(C)C)c(C)c2)C=C(F)C1=NC. The highest BCUT2D eigenvalue weighted by atomic mass is 19.1. The van der Waals surface area contributed by atoms with Crippen LogP contribution in [-0.4, -0.2) is 41.3 Å². The Morgan fingerprint density at radius 3 is 2.64 bits per heavy atom. The van der Waals surface area contributed by atoms with E-state index in [4.69, 9.17) is 10.8 Å². The number of pyridine rings is 1. The second kappa shape index (κ2) is 11.5. The van der Waals surface area contributed by atoms with Crippen molar-refractivity contribution in [1.82, 2.24) is 10.3 Å². The Morgan fingerprint density at radius 1 is 1.31 bits per heavy atom. The molecule has 3 N–H and O–H groups in total. The molecule has 3 atom stereocenters. The van der Waals surface area contributed by atoms with E-state index in [0.717, 1.165) is 42.5 Å². The Kier molecular flexibility index (Phi) is 8.93. The number of aromatic nitrogens is 1. The zero-order chi connectivity index (χ0) is 26.6. The number of hydrogen-bond acceptors (Lipinski definition) is 5. The summed E-state index contributed by atoms with van der Waals surface area (Å²) in [5.74, 6) is 1.21. The first-order chi connectivity index (χ1) is 17.0. The van der Waals surface area contributed by atoms with E-state index in [-0.39, 0.29) is 23.0 Å². The summed E-state index contributed by atoms with van der Waals surface area (Å²) in [6, 6.07) is 1.96. The molecule has 0 saturated carbocycles. The van der Waals surface area contributed by atoms with Crippen LogP contribution in [0.15, 0.2) is 47.4 Å². The van der Waals surface area contributed by atoms with Gasteiger partial charge in [-0.15, -0.1) is 0 Å². The number of rotatable bonds is 8. The van der Waals surface area contributed by atoms with Gasteiger partial charge in [-0.1, -0.05) is 26.8 Å². The monoisotopic (exact) mass is 491 g/mol. The molecule has 1 aliphatic heterocycles. The Bertz CT molecular complexity index is 1120. The summed E-state index contributed by atoms with van der Waals surface area (Å²) in [6.45, 7) is 13.9. The second-order valence-electron chi connectivity index (χ2n) is 11.2. The van der Waals surface area contributed by atoms with Gasteiger partial charge in [0.2, 0.25) is 0 Å². The minimum atomic E-state index is -0.297. The van der Waals surface area contributed by atoms with Crippen LogP contribution in [0.2, 0.25) is 0 Å². The van der Waals surface area contributed by atoms with Gasteiger partial charge in [0.05, 0.1) is 17.1 Å². The fourth-order valence-corrected chi connectivity index (χ4v) is 5.57. The summed E-state index contributed by atoms with van der Waals surface area (Å²) in [5, 5.41) is 20.8. The van der Waals surface area contributed by atoms with Crippen molar-refractivity contribution in [3.8, 4) is 0 Å². The zero-order valence-electron chi connectivity index (χ0n) is 22.9. The first-order valence-electron chi connectivity index (χ1n) is 13.1. The third-order valence-corrected chi connectivity index (χ3v) is 7.59. The molecule has 6 heteroatoms. The largest absolute Gasteiger partial charge is 0.311 e. The van der Waals surface area contributed by atoms with Crippen LogP contribution in [0.5, 0.6) is 0 Å². The van der Waals surface area contributed by atoms with Gasteiger partial charge in [0, 0.05) is 36.0 Å². The van der Waals surface area contributed by atoms with Gasteiger partial charge in [-0.3, -0.25) is 15.4 Å². The maximum Gasteiger partial charge on any atom is 0.145 e. The molecular weight excluding hydrogens is 449 g/mol. The van der Waals surface area contributed by atoms with Crippen molar-refractivity contribution in [2.24, 2.45) is 28.7 Å². The van der Waals surface area contributed by atoms with Crippen LogP contribution in [0.25, 0.3) is 5.57 Å². The second-order valence-corrected chi connectivity index (χ2v) is 11.2. The van der Waals surface area contributed by atoms with E-state index >= 15 is 0 Å². The van der Waals surface area contributed by atoms with Crippen molar-refractivity contribution in [2.45, 2.75) is 66.3 Å². The number of allylic oxidation sites excluding steroid dienone is 6. The number of piperidine rings is 1. The quantitative estimate of drug-likeness (QED) is 0.352. The van der Waals surface area contributed by atoms with Gasteiger partial charge in [0.25, 0.3) is 0 Å². The molecular formula is C30H42FN5. The summed E-state index contributed by atoms with van der Waals surface area (Å²) >= 11 is 0. The van der Waals surface area contributed by atoms with Crippen LogP contribution >= 0.6 is 0 Å². The lowest BCUT2D eigenvalue weighted by Crippen LogP contribution is -2.52. The average Bonchev–Trinajstić information content (AvgIpc) is 2.81. The number of nitrogens with one attached hydrogen (secondary N) is 3. The van der Waals surface area contributed by atoms with Gasteiger partial charge in [-0.05, 0) is 99.8 Å². The molecule has 1 aliphatic carbocycles. The van der Waals surface area contributed by atoms with E-state index in [1.165, 1.54) is 6.08 Å². The molecule has 5 nitrogen and oxygen atoms in total. The highest BCUT2D eigenvalue weighted by Crippen LogP contribution is 2.35. The van der Waals surface area contributed by atoms with Crippen LogP contribution in [-0.2, 0) is 0 Å². The summed E-state index contributed by atoms with van der Waals surface area (Å²) in [5.41, 5.74) is 4.46. The lowest BCUT2D eigenvalue weighted by Gasteiger charge is -2.43. The first kappa shape index (κ1) is 27.9. The molecule has 1 aromatic rings. The van der Waals surface area contributed by atoms with Crippen molar-refractivity contribution in [1.29, 1.82) is 10.8 Å². The number of aryl methyl sites for hydroxylation is 1. The third kappa shape index (κ3) is 6.52. The normalized spacial score (nSPS) is 25.2. The predicted octanol–water partition coefficient (Wildman–Crippen LogP) is 6.73. The fraction of sp³-hybridized carbons (Fsp3) is 0.533. The molecule has 0 spiro atoms. The van der Waals surface area contributed by atoms with Crippen molar-refractivity contribution < 1.29 is 4.39 Å². The summed E-state index contributed by atoms with van der Waals surface area (Å²) in [6.07, 6.45) is 11.2. The molecule has 0 bridgehead atoms. The zero-order valence-corrected chi connectivity index (χ0v) is 22.9. The van der Waals surface area contributed by atoms with Crippen molar-refractivity contribution in [3.05, 3.63) is 59.2 Å². The molecule has 3 rings (SSSR count). The van der Waals surface area contributed by atoms with Crippen LogP contribution in [0.1, 0.15) is 70.7 Å². The molecule has 0 amide bonds. The van der Waals surface area contributed by atoms with Crippen LogP contribution in [0.3, 0.4) is 0 Å². The highest BCUT2D eigenvalue weighted by molar-refractivity contribution is 6.10. The average molecular weight is 492 g/mol. The molecule has 194 valence electrons. The Morgan fingerprint density at radius 2 is 2.03 bits per heavy atom. The van der Waals surface area contributed by atoms with Gasteiger partial charge >= 0.3 is 0 Å². The van der Waals surface area contributed by atoms with E-state index < -0.39 is 0 Å². The third-order valence-electron chi connectivity index (χ3n) is 7.59. The van der Waals surface area contributed by atoms with Gasteiger partial charge in [0.15, 0.2) is 0 Å². The lowest BCUT2D eigenvalue weighted by molar-refractivity contribution is 0.129. The molecule has 2 unspecified atom stereocenters. The Balaban J connectivity index is 1.71. The van der Waals surface area contributed by atoms with E-state index in [2.05, 4.69) is 43.0 Å². The van der Waals surface area contributed by atoms with Crippen molar-refractivity contribution in [3.63, 3.8) is 0 Å². The number of nitrogens with zero attached hydrogens (tertiary/aromatic N) is 2. The lowest BCUT2D eigenvalue weighted by atomic mass is 9.71. The maximum absolute atomic E-state index is 14.6. The smallest absolute Gasteiger partial charge is 0.145 e. The maximum atomic E-state index is 14.6. The molecule has 0 radical (unpaired) electrons. The Labute approximate surface area is 216 Å². The minimum absolute atomic E-state index is 0.0527. The van der Waals surface area contributed by atoms with Crippen molar-refractivity contribution in [2.75, 3.05) is 13.6 Å². The fourth-order valence-electron chi connectivity index (χ4n) is 5.57. The number of hydrogen-bond donors (Lipinski definition) is 3. The Hall–Kier alpha value is -2.73. The van der Waals surface area contributed by atoms with Gasteiger partial charge in [0.1, 0.15) is 5.83 Å². The minimum Gasteiger partial charge on any atom is -0.311 e. The van der Waals surface area contributed by atoms with Gasteiger partial charge in [-0.25, -0.2) is 4.39 Å². The summed E-state index contributed by atoms with van der Waals surface area (Å²) < 4.78 is 14.6. The van der Waals surface area contributed by atoms with Crippen LogP contribution in [0, 0.1) is 41.4 Å². The van der Waals surface area contributed by atoms with Crippen LogP contribution in [0.4, 0.5) is 4.39 Å². The van der Waals surface area contributed by atoms with E-state index in [1.807, 2.05) is 26.0 Å². The molecule has 36 heavy (non-hydrogen) atoms. The predicted molar refractivity (Wildman–Crippen MR) is 150 cm³/mol. The summed E-state index contributed by atoms with van der Waals surface area (Å²) in [4.78, 5) is 8.65. The van der Waals surface area contributed by atoms with E-state index in [0.29, 0.717) is 34.9 Å². The van der Waals surface area contributed by atoms with E-state index in [1.54, 1.807) is 25.4 Å². The van der Waals surface area contributed by atoms with Crippen LogP contribution < -0.4 is 5.32 Å². The highest BCUT2D eigenvalue weighted by Gasteiger charge is 2.36. The number of aliphatic imine (C=N–C) groups is 1. The molecule has 1 saturated heterocycles. The molecule has 1 fully saturated rings. The van der Waals surface area contributed by atoms with Crippen molar-refractivity contribution >= 4 is 22.7 Å². The topological polar surface area (TPSA) is 85.0 Å².